The zero-order chi connectivity index (χ0) is 7.84. The van der Waals surface area contributed by atoms with Crippen LogP contribution in [0.3, 0.4) is 0 Å². The lowest BCUT2D eigenvalue weighted by Crippen LogP contribution is -2.37. The number of hydrogen-bond donors (Lipinski definition) is 0. The topological polar surface area (TPSA) is 6.48 Å². The van der Waals surface area contributed by atoms with Gasteiger partial charge in [-0.25, -0.2) is 0 Å². The van der Waals surface area contributed by atoms with Crippen LogP contribution < -0.4 is 0 Å². The summed E-state index contributed by atoms with van der Waals surface area (Å²) in [6.45, 7) is 1.18. The van der Waals surface area contributed by atoms with E-state index in [2.05, 4.69) is 23.9 Å². The molecule has 2 fully saturated rings. The van der Waals surface area contributed by atoms with Crippen molar-refractivity contribution in [2.24, 2.45) is 0 Å². The molecule has 1 saturated heterocycles. The molecule has 1 aliphatic carbocycles. The zero-order valence-electron chi connectivity index (χ0n) is 7.58. The molecule has 2 rings (SSSR count). The van der Waals surface area contributed by atoms with E-state index < -0.39 is 0 Å². The van der Waals surface area contributed by atoms with E-state index in [-0.39, 0.29) is 0 Å². The molecule has 0 aromatic heterocycles. The van der Waals surface area contributed by atoms with Crippen LogP contribution in [-0.2, 0) is 0 Å². The average molecular weight is 154 g/mol. The Morgan fingerprint density at radius 2 is 1.36 bits per heavy atom. The average Bonchev–Trinajstić information content (AvgIpc) is 2.30. The van der Waals surface area contributed by atoms with Crippen molar-refractivity contribution in [3.8, 4) is 0 Å². The molecule has 2 nitrogen and oxygen atoms in total. The summed E-state index contributed by atoms with van der Waals surface area (Å²) in [5.74, 6) is 0. The Morgan fingerprint density at radius 3 is 1.82 bits per heavy atom. The smallest absolute Gasteiger partial charge is 0.0507 e. The summed E-state index contributed by atoms with van der Waals surface area (Å²) < 4.78 is 0. The molecule has 2 atom stereocenters. The van der Waals surface area contributed by atoms with Gasteiger partial charge in [-0.05, 0) is 26.9 Å². The van der Waals surface area contributed by atoms with Crippen LogP contribution in [0.15, 0.2) is 0 Å². The molecule has 2 heteroatoms. The summed E-state index contributed by atoms with van der Waals surface area (Å²) in [4.78, 5) is 5.01. The molecular weight excluding hydrogens is 136 g/mol. The van der Waals surface area contributed by atoms with Crippen molar-refractivity contribution in [3.05, 3.63) is 0 Å². The molecule has 0 aromatic rings. The monoisotopic (exact) mass is 154 g/mol. The number of hydrogen-bond acceptors (Lipinski definition) is 2. The van der Waals surface area contributed by atoms with Crippen molar-refractivity contribution >= 4 is 0 Å². The fourth-order valence-electron chi connectivity index (χ4n) is 2.68. The van der Waals surface area contributed by atoms with Crippen molar-refractivity contribution in [1.82, 2.24) is 9.80 Å². The van der Waals surface area contributed by atoms with Crippen LogP contribution in [0.25, 0.3) is 0 Å². The van der Waals surface area contributed by atoms with E-state index >= 15 is 0 Å². The predicted molar refractivity (Wildman–Crippen MR) is 46.4 cm³/mol. The zero-order valence-corrected chi connectivity index (χ0v) is 7.58. The molecule has 1 aliphatic heterocycles. The Kier molecular flexibility index (Phi) is 1.90. The molecule has 2 aliphatic rings. The van der Waals surface area contributed by atoms with Gasteiger partial charge in [0.05, 0.1) is 6.67 Å². The molecule has 0 aromatic carbocycles. The third-order valence-electron chi connectivity index (χ3n) is 3.27. The van der Waals surface area contributed by atoms with Gasteiger partial charge in [0, 0.05) is 12.1 Å². The lowest BCUT2D eigenvalue weighted by Gasteiger charge is -2.30. The molecule has 1 saturated carbocycles. The highest BCUT2D eigenvalue weighted by Crippen LogP contribution is 2.30. The van der Waals surface area contributed by atoms with Crippen LogP contribution in [-0.4, -0.2) is 42.6 Å². The van der Waals surface area contributed by atoms with Crippen LogP contribution in [0, 0.1) is 0 Å². The van der Waals surface area contributed by atoms with E-state index in [9.17, 15) is 0 Å². The molecule has 0 N–H and O–H groups in total. The molecule has 0 radical (unpaired) electrons. The number of nitrogens with zero attached hydrogens (tertiary/aromatic N) is 2. The first-order valence-corrected chi connectivity index (χ1v) is 4.69. The number of likely N-dealkylation sites (N-methyl/N-ethyl adjacent to an activating group) is 2. The first-order valence-electron chi connectivity index (χ1n) is 4.69. The molecule has 11 heavy (non-hydrogen) atoms. The Hall–Kier alpha value is -0.0800. The van der Waals surface area contributed by atoms with Crippen LogP contribution in [0.1, 0.15) is 25.7 Å². The van der Waals surface area contributed by atoms with Gasteiger partial charge in [-0.15, -0.1) is 0 Å². The predicted octanol–water partition coefficient (Wildman–Crippen LogP) is 1.13. The fourth-order valence-corrected chi connectivity index (χ4v) is 2.68. The molecule has 0 bridgehead atoms. The van der Waals surface area contributed by atoms with Gasteiger partial charge in [0.1, 0.15) is 0 Å². The second kappa shape index (κ2) is 2.76. The minimum Gasteiger partial charge on any atom is -0.289 e. The standard InChI is InChI=1S/C9H18N2/c1-10-7-11(2)9-6-4-3-5-8(9)10/h8-9H,3-7H2,1-2H3. The summed E-state index contributed by atoms with van der Waals surface area (Å²) >= 11 is 0. The van der Waals surface area contributed by atoms with Gasteiger partial charge < -0.3 is 0 Å². The largest absolute Gasteiger partial charge is 0.289 e. The molecule has 1 heterocycles. The van der Waals surface area contributed by atoms with Crippen LogP contribution >= 0.6 is 0 Å². The van der Waals surface area contributed by atoms with Crippen molar-refractivity contribution in [2.75, 3.05) is 20.8 Å². The SMILES string of the molecule is CN1CN(C)C2CCCCC21. The summed E-state index contributed by atoms with van der Waals surface area (Å²) in [5, 5.41) is 0. The molecule has 2 unspecified atom stereocenters. The summed E-state index contributed by atoms with van der Waals surface area (Å²) in [6.07, 6.45) is 5.73. The number of rotatable bonds is 0. The van der Waals surface area contributed by atoms with Gasteiger partial charge in [0.15, 0.2) is 0 Å². The van der Waals surface area contributed by atoms with E-state index in [1.807, 2.05) is 0 Å². The fraction of sp³-hybridized carbons (Fsp3) is 1.00. The Bertz CT molecular complexity index is 130. The van der Waals surface area contributed by atoms with Crippen molar-refractivity contribution in [3.63, 3.8) is 0 Å². The van der Waals surface area contributed by atoms with Crippen LogP contribution in [0.5, 0.6) is 0 Å². The highest BCUT2D eigenvalue weighted by atomic mass is 15.4. The van der Waals surface area contributed by atoms with Gasteiger partial charge in [-0.3, -0.25) is 9.80 Å². The first kappa shape index (κ1) is 7.56. The van der Waals surface area contributed by atoms with E-state index in [1.165, 1.54) is 32.4 Å². The lowest BCUT2D eigenvalue weighted by molar-refractivity contribution is 0.233. The second-order valence-corrected chi connectivity index (χ2v) is 4.07. The first-order chi connectivity index (χ1) is 5.29. The second-order valence-electron chi connectivity index (χ2n) is 4.07. The van der Waals surface area contributed by atoms with Gasteiger partial charge >= 0.3 is 0 Å². The third-order valence-corrected chi connectivity index (χ3v) is 3.27. The van der Waals surface area contributed by atoms with E-state index in [0.29, 0.717) is 0 Å². The van der Waals surface area contributed by atoms with Crippen molar-refractivity contribution in [1.29, 1.82) is 0 Å². The molecule has 0 amide bonds. The van der Waals surface area contributed by atoms with E-state index in [0.717, 1.165) is 12.1 Å². The Labute approximate surface area is 69.2 Å². The third kappa shape index (κ3) is 1.18. The molecular formula is C9H18N2. The van der Waals surface area contributed by atoms with Gasteiger partial charge in [0.25, 0.3) is 0 Å². The maximum absolute atomic E-state index is 2.50. The molecule has 0 spiro atoms. The van der Waals surface area contributed by atoms with E-state index in [1.54, 1.807) is 0 Å². The van der Waals surface area contributed by atoms with Crippen LogP contribution in [0.2, 0.25) is 0 Å². The minimum absolute atomic E-state index is 0.869. The summed E-state index contributed by atoms with van der Waals surface area (Å²) in [7, 11) is 4.51. The number of fused-ring (bicyclic) bond motifs is 1. The van der Waals surface area contributed by atoms with Gasteiger partial charge in [-0.1, -0.05) is 12.8 Å². The summed E-state index contributed by atoms with van der Waals surface area (Å²) in [5.41, 5.74) is 0. The normalized spacial score (nSPS) is 40.9. The van der Waals surface area contributed by atoms with Crippen molar-refractivity contribution in [2.45, 2.75) is 37.8 Å². The summed E-state index contributed by atoms with van der Waals surface area (Å²) in [6, 6.07) is 1.74. The van der Waals surface area contributed by atoms with Gasteiger partial charge in [0.2, 0.25) is 0 Å². The maximum Gasteiger partial charge on any atom is 0.0507 e. The van der Waals surface area contributed by atoms with Gasteiger partial charge in [-0.2, -0.15) is 0 Å². The Balaban J connectivity index is 2.07. The van der Waals surface area contributed by atoms with Crippen molar-refractivity contribution < 1.29 is 0 Å². The maximum atomic E-state index is 2.50. The highest BCUT2D eigenvalue weighted by Gasteiger charge is 2.36. The highest BCUT2D eigenvalue weighted by molar-refractivity contribution is 4.92. The lowest BCUT2D eigenvalue weighted by atomic mass is 9.91. The van der Waals surface area contributed by atoms with Crippen LogP contribution in [0.4, 0.5) is 0 Å². The quantitative estimate of drug-likeness (QED) is 0.516. The van der Waals surface area contributed by atoms with E-state index in [4.69, 9.17) is 0 Å². The Morgan fingerprint density at radius 1 is 0.909 bits per heavy atom. The minimum atomic E-state index is 0.869. The molecule has 64 valence electrons.